The summed E-state index contributed by atoms with van der Waals surface area (Å²) in [6.45, 7) is 8.52. The van der Waals surface area contributed by atoms with Gasteiger partial charge in [0, 0.05) is 5.56 Å². The van der Waals surface area contributed by atoms with Crippen LogP contribution < -0.4 is 0 Å². The Bertz CT molecular complexity index is 585. The van der Waals surface area contributed by atoms with Crippen LogP contribution in [0.25, 0.3) is 5.69 Å². The predicted molar refractivity (Wildman–Crippen MR) is 82.5 cm³/mol. The number of aromatic hydroxyl groups is 1. The number of hydrogen-bond acceptors (Lipinski definition) is 2. The van der Waals surface area contributed by atoms with Gasteiger partial charge >= 0.3 is 0 Å². The lowest BCUT2D eigenvalue weighted by Gasteiger charge is -2.08. The Labute approximate surface area is 121 Å². The molecular formula is C17H24N2O. The van der Waals surface area contributed by atoms with Gasteiger partial charge in [-0.2, -0.15) is 5.10 Å². The number of hydrogen-bond donors (Lipinski definition) is 1. The van der Waals surface area contributed by atoms with Crippen LogP contribution in [-0.4, -0.2) is 14.9 Å². The molecule has 2 rings (SSSR count). The summed E-state index contributed by atoms with van der Waals surface area (Å²) in [7, 11) is 0. The van der Waals surface area contributed by atoms with Gasteiger partial charge in [0.2, 0.25) is 5.88 Å². The number of aryl methyl sites for hydroxylation is 2. The minimum absolute atomic E-state index is 0.302. The van der Waals surface area contributed by atoms with Crippen molar-refractivity contribution >= 4 is 0 Å². The van der Waals surface area contributed by atoms with E-state index in [1.165, 1.54) is 0 Å². The molecule has 3 nitrogen and oxygen atoms in total. The summed E-state index contributed by atoms with van der Waals surface area (Å²) in [6, 6.07) is 8.02. The first-order valence-electron chi connectivity index (χ1n) is 7.40. The van der Waals surface area contributed by atoms with Crippen molar-refractivity contribution in [3.05, 3.63) is 41.1 Å². The molecule has 0 unspecified atom stereocenters. The highest BCUT2D eigenvalue weighted by atomic mass is 16.3. The van der Waals surface area contributed by atoms with Crippen LogP contribution in [0.4, 0.5) is 0 Å². The van der Waals surface area contributed by atoms with Crippen molar-refractivity contribution < 1.29 is 5.11 Å². The first-order valence-corrected chi connectivity index (χ1v) is 7.40. The Morgan fingerprint density at radius 2 is 1.95 bits per heavy atom. The van der Waals surface area contributed by atoms with E-state index >= 15 is 0 Å². The zero-order valence-corrected chi connectivity index (χ0v) is 12.8. The van der Waals surface area contributed by atoms with E-state index in [9.17, 15) is 5.11 Å². The molecule has 1 heterocycles. The van der Waals surface area contributed by atoms with E-state index in [0.29, 0.717) is 11.8 Å². The van der Waals surface area contributed by atoms with Gasteiger partial charge in [0.15, 0.2) is 0 Å². The molecule has 0 bridgehead atoms. The molecule has 0 amide bonds. The molecule has 0 aliphatic heterocycles. The lowest BCUT2D eigenvalue weighted by atomic mass is 10.0. The Hall–Kier alpha value is -1.77. The molecule has 0 saturated heterocycles. The van der Waals surface area contributed by atoms with E-state index < -0.39 is 0 Å². The van der Waals surface area contributed by atoms with Crippen molar-refractivity contribution in [1.82, 2.24) is 9.78 Å². The summed E-state index contributed by atoms with van der Waals surface area (Å²) in [5.74, 6) is 0.808. The van der Waals surface area contributed by atoms with Gasteiger partial charge in [0.05, 0.1) is 11.4 Å². The van der Waals surface area contributed by atoms with Gasteiger partial charge in [0.1, 0.15) is 0 Å². The van der Waals surface area contributed by atoms with E-state index in [4.69, 9.17) is 0 Å². The number of aromatic nitrogens is 2. The lowest BCUT2D eigenvalue weighted by Crippen LogP contribution is -1.99. The van der Waals surface area contributed by atoms with Crippen molar-refractivity contribution in [2.75, 3.05) is 0 Å². The molecule has 0 fully saturated rings. The Balaban J connectivity index is 2.52. The normalized spacial score (nSPS) is 11.2. The van der Waals surface area contributed by atoms with Crippen LogP contribution in [0.3, 0.4) is 0 Å². The minimum Gasteiger partial charge on any atom is -0.493 e. The highest BCUT2D eigenvalue weighted by Crippen LogP contribution is 2.29. The highest BCUT2D eigenvalue weighted by molar-refractivity contribution is 5.45. The van der Waals surface area contributed by atoms with Gasteiger partial charge in [-0.25, -0.2) is 4.68 Å². The molecule has 0 radical (unpaired) electrons. The maximum atomic E-state index is 10.6. The average Bonchev–Trinajstić information content (AvgIpc) is 2.68. The smallest absolute Gasteiger partial charge is 0.217 e. The molecule has 1 N–H and O–H groups in total. The maximum absolute atomic E-state index is 10.6. The highest BCUT2D eigenvalue weighted by Gasteiger charge is 2.19. The molecule has 20 heavy (non-hydrogen) atoms. The van der Waals surface area contributed by atoms with Crippen molar-refractivity contribution in [1.29, 1.82) is 0 Å². The summed E-state index contributed by atoms with van der Waals surface area (Å²) < 4.78 is 1.69. The van der Waals surface area contributed by atoms with Gasteiger partial charge in [-0.15, -0.1) is 0 Å². The van der Waals surface area contributed by atoms with Crippen molar-refractivity contribution in [2.24, 2.45) is 5.92 Å². The zero-order chi connectivity index (χ0) is 14.7. The van der Waals surface area contributed by atoms with E-state index in [0.717, 1.165) is 41.8 Å². The average molecular weight is 272 g/mol. The first kappa shape index (κ1) is 14.6. The minimum atomic E-state index is 0.302. The van der Waals surface area contributed by atoms with Gasteiger partial charge < -0.3 is 5.11 Å². The molecule has 108 valence electrons. The molecule has 1 aromatic carbocycles. The molecule has 0 atom stereocenters. The molecule has 2 aromatic rings. The van der Waals surface area contributed by atoms with Gasteiger partial charge in [-0.1, -0.05) is 45.4 Å². The van der Waals surface area contributed by atoms with Crippen molar-refractivity contribution in [3.8, 4) is 11.6 Å². The van der Waals surface area contributed by atoms with Crippen LogP contribution in [0.1, 0.15) is 44.0 Å². The SMILES string of the molecule is CCCc1nn(-c2ccccc2C)c(O)c1CC(C)C. The Morgan fingerprint density at radius 3 is 2.55 bits per heavy atom. The van der Waals surface area contributed by atoms with Crippen LogP contribution >= 0.6 is 0 Å². The third kappa shape index (κ3) is 2.87. The fourth-order valence-corrected chi connectivity index (χ4v) is 2.51. The van der Waals surface area contributed by atoms with Gasteiger partial charge in [0.25, 0.3) is 0 Å². The molecule has 0 saturated carbocycles. The van der Waals surface area contributed by atoms with E-state index in [-0.39, 0.29) is 0 Å². The predicted octanol–water partition coefficient (Wildman–Crippen LogP) is 4.04. The second-order valence-corrected chi connectivity index (χ2v) is 5.80. The summed E-state index contributed by atoms with van der Waals surface area (Å²) in [6.07, 6.45) is 2.82. The summed E-state index contributed by atoms with van der Waals surface area (Å²) in [5.41, 5.74) is 4.11. The molecule has 3 heteroatoms. The Kier molecular flexibility index (Phi) is 4.48. The largest absolute Gasteiger partial charge is 0.493 e. The molecule has 0 aliphatic rings. The monoisotopic (exact) mass is 272 g/mol. The fraction of sp³-hybridized carbons (Fsp3) is 0.471. The fourth-order valence-electron chi connectivity index (χ4n) is 2.51. The topological polar surface area (TPSA) is 38.0 Å². The van der Waals surface area contributed by atoms with Crippen molar-refractivity contribution in [3.63, 3.8) is 0 Å². The van der Waals surface area contributed by atoms with Crippen LogP contribution in [0.2, 0.25) is 0 Å². The summed E-state index contributed by atoms with van der Waals surface area (Å²) in [5, 5.41) is 15.2. The van der Waals surface area contributed by atoms with Crippen LogP contribution in [0, 0.1) is 12.8 Å². The first-order chi connectivity index (χ1) is 9.54. The standard InChI is InChI=1S/C17H24N2O/c1-5-8-15-14(11-12(2)3)17(20)19(18-15)16-10-7-6-9-13(16)4/h6-7,9-10,12,20H,5,8,11H2,1-4H3. The van der Waals surface area contributed by atoms with E-state index in [1.54, 1.807) is 4.68 Å². The van der Waals surface area contributed by atoms with Crippen molar-refractivity contribution in [2.45, 2.75) is 47.0 Å². The van der Waals surface area contributed by atoms with Gasteiger partial charge in [-0.3, -0.25) is 0 Å². The van der Waals surface area contributed by atoms with Gasteiger partial charge in [-0.05, 0) is 37.3 Å². The number of rotatable bonds is 5. The number of para-hydroxylation sites is 1. The maximum Gasteiger partial charge on any atom is 0.217 e. The third-order valence-corrected chi connectivity index (χ3v) is 3.48. The molecule has 1 aromatic heterocycles. The molecule has 0 spiro atoms. The molecule has 0 aliphatic carbocycles. The van der Waals surface area contributed by atoms with Crippen LogP contribution in [0.15, 0.2) is 24.3 Å². The second kappa shape index (κ2) is 6.12. The Morgan fingerprint density at radius 1 is 1.25 bits per heavy atom. The summed E-state index contributed by atoms with van der Waals surface area (Å²) >= 11 is 0. The van der Waals surface area contributed by atoms with E-state index in [2.05, 4.69) is 25.9 Å². The quantitative estimate of drug-likeness (QED) is 0.892. The van der Waals surface area contributed by atoms with E-state index in [1.807, 2.05) is 31.2 Å². The third-order valence-electron chi connectivity index (χ3n) is 3.48. The number of nitrogens with zero attached hydrogens (tertiary/aromatic N) is 2. The van der Waals surface area contributed by atoms with Crippen LogP contribution in [-0.2, 0) is 12.8 Å². The molecular weight excluding hydrogens is 248 g/mol. The number of benzene rings is 1. The lowest BCUT2D eigenvalue weighted by molar-refractivity contribution is 0.424. The zero-order valence-electron chi connectivity index (χ0n) is 12.8. The van der Waals surface area contributed by atoms with Crippen LogP contribution in [0.5, 0.6) is 5.88 Å². The second-order valence-electron chi connectivity index (χ2n) is 5.80. The summed E-state index contributed by atoms with van der Waals surface area (Å²) in [4.78, 5) is 0.